The fourth-order valence-corrected chi connectivity index (χ4v) is 2.25. The van der Waals surface area contributed by atoms with Crippen molar-refractivity contribution in [2.75, 3.05) is 5.33 Å². The van der Waals surface area contributed by atoms with E-state index in [-0.39, 0.29) is 11.9 Å². The Balaban J connectivity index is 2.13. The molecular weight excluding hydrogens is 294 g/mol. The topological polar surface area (TPSA) is 57.8 Å². The number of aromatic nitrogens is 2. The molecular formula is C13H14BrN3O. The van der Waals surface area contributed by atoms with Crippen molar-refractivity contribution in [2.24, 2.45) is 0 Å². The standard InChI is InChI=1S/C13H14BrN3O/c1-9-11(8-15-17-9)13(18)16-12(7-14)10-5-3-2-4-6-10/h2-6,8,12H,7H2,1H3,(H,15,17)(H,16,18). The molecule has 1 atom stereocenters. The van der Waals surface area contributed by atoms with E-state index in [2.05, 4.69) is 31.4 Å². The maximum Gasteiger partial charge on any atom is 0.255 e. The minimum Gasteiger partial charge on any atom is -0.344 e. The van der Waals surface area contributed by atoms with Crippen molar-refractivity contribution >= 4 is 21.8 Å². The molecule has 0 saturated heterocycles. The number of carbonyl (C=O) groups excluding carboxylic acids is 1. The molecule has 0 aliphatic heterocycles. The van der Waals surface area contributed by atoms with Crippen LogP contribution in [-0.4, -0.2) is 21.4 Å². The van der Waals surface area contributed by atoms with Crippen LogP contribution in [0.2, 0.25) is 0 Å². The molecule has 4 nitrogen and oxygen atoms in total. The summed E-state index contributed by atoms with van der Waals surface area (Å²) in [5.74, 6) is -0.116. The summed E-state index contributed by atoms with van der Waals surface area (Å²) < 4.78 is 0. The summed E-state index contributed by atoms with van der Waals surface area (Å²) in [6.07, 6.45) is 1.54. The number of halogens is 1. The molecule has 1 heterocycles. The van der Waals surface area contributed by atoms with Crippen LogP contribution in [0.1, 0.15) is 27.7 Å². The first kappa shape index (κ1) is 12.8. The van der Waals surface area contributed by atoms with Gasteiger partial charge in [-0.25, -0.2) is 0 Å². The van der Waals surface area contributed by atoms with Gasteiger partial charge in [0.2, 0.25) is 0 Å². The largest absolute Gasteiger partial charge is 0.344 e. The second-order valence-corrected chi connectivity index (χ2v) is 4.65. The fourth-order valence-electron chi connectivity index (χ4n) is 1.71. The van der Waals surface area contributed by atoms with E-state index in [4.69, 9.17) is 0 Å². The highest BCUT2D eigenvalue weighted by Gasteiger charge is 2.16. The normalized spacial score (nSPS) is 12.1. The number of rotatable bonds is 4. The quantitative estimate of drug-likeness (QED) is 0.853. The third-order valence-corrected chi connectivity index (χ3v) is 3.38. The van der Waals surface area contributed by atoms with Gasteiger partial charge in [-0.05, 0) is 12.5 Å². The molecule has 1 aromatic heterocycles. The third kappa shape index (κ3) is 2.79. The summed E-state index contributed by atoms with van der Waals surface area (Å²) >= 11 is 3.42. The van der Waals surface area contributed by atoms with Crippen molar-refractivity contribution in [3.05, 3.63) is 53.3 Å². The summed E-state index contributed by atoms with van der Waals surface area (Å²) in [6.45, 7) is 1.83. The van der Waals surface area contributed by atoms with E-state index in [1.165, 1.54) is 0 Å². The highest BCUT2D eigenvalue weighted by atomic mass is 79.9. The predicted molar refractivity (Wildman–Crippen MR) is 73.8 cm³/mol. The Bertz CT molecular complexity index is 524. The lowest BCUT2D eigenvalue weighted by molar-refractivity contribution is 0.0940. The third-order valence-electron chi connectivity index (χ3n) is 2.74. The minimum absolute atomic E-state index is 0.0481. The van der Waals surface area contributed by atoms with Crippen LogP contribution in [0, 0.1) is 6.92 Å². The Labute approximate surface area is 114 Å². The number of aromatic amines is 1. The molecule has 94 valence electrons. The first-order valence-corrected chi connectivity index (χ1v) is 6.76. The summed E-state index contributed by atoms with van der Waals surface area (Å²) in [5, 5.41) is 10.3. The van der Waals surface area contributed by atoms with Gasteiger partial charge in [0, 0.05) is 11.0 Å². The predicted octanol–water partition coefficient (Wildman–Crippen LogP) is 2.58. The average Bonchev–Trinajstić information content (AvgIpc) is 2.83. The highest BCUT2D eigenvalue weighted by molar-refractivity contribution is 9.09. The molecule has 0 aliphatic carbocycles. The average molecular weight is 308 g/mol. The first-order chi connectivity index (χ1) is 8.72. The summed E-state index contributed by atoms with van der Waals surface area (Å²) in [4.78, 5) is 12.1. The van der Waals surface area contributed by atoms with Crippen molar-refractivity contribution < 1.29 is 4.79 Å². The zero-order chi connectivity index (χ0) is 13.0. The Kier molecular flexibility index (Phi) is 4.15. The van der Waals surface area contributed by atoms with Crippen molar-refractivity contribution in [3.63, 3.8) is 0 Å². The van der Waals surface area contributed by atoms with Gasteiger partial charge in [0.05, 0.1) is 17.8 Å². The van der Waals surface area contributed by atoms with E-state index in [9.17, 15) is 4.79 Å². The Hall–Kier alpha value is -1.62. The molecule has 2 N–H and O–H groups in total. The number of carbonyl (C=O) groups is 1. The molecule has 1 aromatic carbocycles. The van der Waals surface area contributed by atoms with Crippen LogP contribution in [0.25, 0.3) is 0 Å². The zero-order valence-corrected chi connectivity index (χ0v) is 11.6. The number of amides is 1. The van der Waals surface area contributed by atoms with Crippen LogP contribution >= 0.6 is 15.9 Å². The van der Waals surface area contributed by atoms with Gasteiger partial charge < -0.3 is 5.32 Å². The molecule has 0 aliphatic rings. The molecule has 0 saturated carbocycles. The number of hydrogen-bond donors (Lipinski definition) is 2. The zero-order valence-electron chi connectivity index (χ0n) is 9.98. The minimum atomic E-state index is -0.116. The van der Waals surface area contributed by atoms with Crippen LogP contribution in [0.4, 0.5) is 0 Å². The van der Waals surface area contributed by atoms with Gasteiger partial charge >= 0.3 is 0 Å². The monoisotopic (exact) mass is 307 g/mol. The summed E-state index contributed by atoms with van der Waals surface area (Å²) in [6, 6.07) is 9.81. The van der Waals surface area contributed by atoms with Gasteiger partial charge in [0.15, 0.2) is 0 Å². The van der Waals surface area contributed by atoms with E-state index in [0.717, 1.165) is 11.3 Å². The van der Waals surface area contributed by atoms with E-state index in [1.54, 1.807) is 6.20 Å². The molecule has 0 fully saturated rings. The molecule has 5 heteroatoms. The van der Waals surface area contributed by atoms with Gasteiger partial charge in [-0.2, -0.15) is 5.10 Å². The van der Waals surface area contributed by atoms with Crippen molar-refractivity contribution in [1.29, 1.82) is 0 Å². The number of hydrogen-bond acceptors (Lipinski definition) is 2. The molecule has 1 amide bonds. The van der Waals surface area contributed by atoms with Gasteiger partial charge in [0.1, 0.15) is 0 Å². The van der Waals surface area contributed by atoms with Crippen molar-refractivity contribution in [2.45, 2.75) is 13.0 Å². The Morgan fingerprint density at radius 1 is 1.44 bits per heavy atom. The molecule has 18 heavy (non-hydrogen) atoms. The number of nitrogens with one attached hydrogen (secondary N) is 2. The molecule has 2 aromatic rings. The number of nitrogens with zero attached hydrogens (tertiary/aromatic N) is 1. The number of alkyl halides is 1. The SMILES string of the molecule is Cc1[nH]ncc1C(=O)NC(CBr)c1ccccc1. The van der Waals surface area contributed by atoms with Crippen molar-refractivity contribution in [3.8, 4) is 0 Å². The number of benzene rings is 1. The molecule has 2 rings (SSSR count). The lowest BCUT2D eigenvalue weighted by Gasteiger charge is -2.16. The molecule has 0 bridgehead atoms. The maximum atomic E-state index is 12.1. The van der Waals surface area contributed by atoms with Crippen LogP contribution in [0.3, 0.4) is 0 Å². The Morgan fingerprint density at radius 3 is 2.72 bits per heavy atom. The van der Waals surface area contributed by atoms with Crippen LogP contribution < -0.4 is 5.32 Å². The van der Waals surface area contributed by atoms with Gasteiger partial charge in [-0.15, -0.1) is 0 Å². The van der Waals surface area contributed by atoms with Crippen LogP contribution in [-0.2, 0) is 0 Å². The summed E-state index contributed by atoms with van der Waals surface area (Å²) in [5.41, 5.74) is 2.43. The fraction of sp³-hybridized carbons (Fsp3) is 0.231. The van der Waals surface area contributed by atoms with Crippen LogP contribution in [0.15, 0.2) is 36.5 Å². The lowest BCUT2D eigenvalue weighted by Crippen LogP contribution is -2.29. The van der Waals surface area contributed by atoms with E-state index < -0.39 is 0 Å². The molecule has 0 radical (unpaired) electrons. The van der Waals surface area contributed by atoms with Gasteiger partial charge in [-0.3, -0.25) is 9.89 Å². The van der Waals surface area contributed by atoms with E-state index in [0.29, 0.717) is 10.9 Å². The molecule has 1 unspecified atom stereocenters. The lowest BCUT2D eigenvalue weighted by atomic mass is 10.1. The van der Waals surface area contributed by atoms with Gasteiger partial charge in [0.25, 0.3) is 5.91 Å². The van der Waals surface area contributed by atoms with Crippen LogP contribution in [0.5, 0.6) is 0 Å². The maximum absolute atomic E-state index is 12.1. The number of H-pyrrole nitrogens is 1. The first-order valence-electron chi connectivity index (χ1n) is 5.64. The second-order valence-electron chi connectivity index (χ2n) is 4.00. The summed E-state index contributed by atoms with van der Waals surface area (Å²) in [7, 11) is 0. The molecule has 0 spiro atoms. The van der Waals surface area contributed by atoms with E-state index in [1.807, 2.05) is 37.3 Å². The second kappa shape index (κ2) is 5.82. The van der Waals surface area contributed by atoms with Gasteiger partial charge in [-0.1, -0.05) is 46.3 Å². The highest BCUT2D eigenvalue weighted by Crippen LogP contribution is 2.16. The Morgan fingerprint density at radius 2 is 2.17 bits per heavy atom. The van der Waals surface area contributed by atoms with Crippen molar-refractivity contribution in [1.82, 2.24) is 15.5 Å². The number of aryl methyl sites for hydroxylation is 1. The van der Waals surface area contributed by atoms with E-state index >= 15 is 0 Å². The smallest absolute Gasteiger partial charge is 0.255 e.